The molecule has 140 valence electrons. The van der Waals surface area contributed by atoms with Crippen LogP contribution >= 0.6 is 0 Å². The third-order valence-electron chi connectivity index (χ3n) is 5.80. The number of aliphatic hydroxyl groups excluding tert-OH is 1. The van der Waals surface area contributed by atoms with Gasteiger partial charge in [0.05, 0.1) is 11.2 Å². The van der Waals surface area contributed by atoms with Gasteiger partial charge in [0.25, 0.3) is 0 Å². The van der Waals surface area contributed by atoms with Crippen LogP contribution in [0.3, 0.4) is 0 Å². The molecular weight excluding hydrogens is 312 g/mol. The summed E-state index contributed by atoms with van der Waals surface area (Å²) >= 11 is 0. The first-order chi connectivity index (χ1) is 11.8. The highest BCUT2D eigenvalue weighted by Crippen LogP contribution is 2.37. The Bertz CT molecular complexity index is 560. The van der Waals surface area contributed by atoms with Gasteiger partial charge in [0, 0.05) is 38.0 Å². The topological polar surface area (TPSA) is 44.7 Å². The van der Waals surface area contributed by atoms with E-state index in [1.807, 2.05) is 0 Å². The number of nitrogens with one attached hydrogen (secondary N) is 1. The minimum Gasteiger partial charge on any atom is -0.396 e. The molecule has 1 aromatic rings. The second kappa shape index (κ2) is 7.26. The molecule has 3 rings (SSSR count). The molecule has 1 unspecified atom stereocenters. The zero-order chi connectivity index (χ0) is 18.1. The molecule has 0 bridgehead atoms. The second-order valence-corrected chi connectivity index (χ2v) is 8.88. The van der Waals surface area contributed by atoms with E-state index in [0.29, 0.717) is 18.6 Å². The number of piperidine rings is 1. The average Bonchev–Trinajstić information content (AvgIpc) is 2.80. The summed E-state index contributed by atoms with van der Waals surface area (Å²) in [5.74, 6) is 0.487. The minimum atomic E-state index is -0.125. The number of anilines is 1. The molecule has 2 aliphatic rings. The Morgan fingerprint density at radius 1 is 1.12 bits per heavy atom. The van der Waals surface area contributed by atoms with E-state index < -0.39 is 0 Å². The lowest BCUT2D eigenvalue weighted by molar-refractivity contribution is -0.0699. The zero-order valence-electron chi connectivity index (χ0n) is 16.2. The number of hydrogen-bond donors (Lipinski definition) is 2. The van der Waals surface area contributed by atoms with Crippen LogP contribution < -0.4 is 10.2 Å². The molecule has 0 saturated carbocycles. The van der Waals surface area contributed by atoms with Crippen molar-refractivity contribution in [1.82, 2.24) is 5.32 Å². The maximum Gasteiger partial charge on any atom is 0.0787 e. The Hall–Kier alpha value is -1.10. The highest BCUT2D eigenvalue weighted by molar-refractivity contribution is 5.48. The Balaban J connectivity index is 1.53. The molecule has 4 heteroatoms. The summed E-state index contributed by atoms with van der Waals surface area (Å²) in [7, 11) is 0. The van der Waals surface area contributed by atoms with Crippen molar-refractivity contribution in [2.75, 3.05) is 24.6 Å². The van der Waals surface area contributed by atoms with Crippen LogP contribution in [-0.2, 0) is 11.3 Å². The van der Waals surface area contributed by atoms with Crippen molar-refractivity contribution < 1.29 is 9.84 Å². The molecule has 2 heterocycles. The highest BCUT2D eigenvalue weighted by atomic mass is 16.5. The minimum absolute atomic E-state index is 0.0499. The largest absolute Gasteiger partial charge is 0.396 e. The van der Waals surface area contributed by atoms with Gasteiger partial charge in [-0.25, -0.2) is 0 Å². The summed E-state index contributed by atoms with van der Waals surface area (Å²) in [6.07, 6.45) is 3.22. The smallest absolute Gasteiger partial charge is 0.0787 e. The maximum absolute atomic E-state index is 9.27. The molecule has 2 saturated heterocycles. The summed E-state index contributed by atoms with van der Waals surface area (Å²) in [6, 6.07) is 9.30. The van der Waals surface area contributed by atoms with Gasteiger partial charge in [-0.15, -0.1) is 0 Å². The van der Waals surface area contributed by atoms with Gasteiger partial charge in [-0.2, -0.15) is 0 Å². The molecule has 4 nitrogen and oxygen atoms in total. The number of benzene rings is 1. The number of rotatable bonds is 5. The molecule has 0 radical (unpaired) electrons. The molecule has 0 spiro atoms. The summed E-state index contributed by atoms with van der Waals surface area (Å²) in [6.45, 7) is 12.0. The van der Waals surface area contributed by atoms with Crippen LogP contribution in [0.2, 0.25) is 0 Å². The highest BCUT2D eigenvalue weighted by Gasteiger charge is 2.45. The van der Waals surface area contributed by atoms with Gasteiger partial charge in [-0.05, 0) is 70.6 Å². The van der Waals surface area contributed by atoms with Crippen molar-refractivity contribution in [2.45, 2.75) is 70.7 Å². The zero-order valence-corrected chi connectivity index (χ0v) is 16.2. The molecule has 2 fully saturated rings. The summed E-state index contributed by atoms with van der Waals surface area (Å²) in [5.41, 5.74) is 2.44. The van der Waals surface area contributed by atoms with Crippen molar-refractivity contribution in [3.05, 3.63) is 29.8 Å². The van der Waals surface area contributed by atoms with Crippen molar-refractivity contribution in [3.63, 3.8) is 0 Å². The first kappa shape index (κ1) is 18.7. The molecule has 0 aliphatic carbocycles. The van der Waals surface area contributed by atoms with E-state index in [4.69, 9.17) is 4.74 Å². The van der Waals surface area contributed by atoms with E-state index in [0.717, 1.165) is 38.9 Å². The summed E-state index contributed by atoms with van der Waals surface area (Å²) in [5, 5.41) is 13.0. The van der Waals surface area contributed by atoms with Crippen molar-refractivity contribution in [3.8, 4) is 0 Å². The summed E-state index contributed by atoms with van der Waals surface area (Å²) in [4.78, 5) is 2.43. The standard InChI is InChI=1S/C21H34N2O2/c1-20(2)13-19(21(3,4)25-20)22-14-16-5-7-18(8-6-16)23-11-9-17(15-24)10-12-23/h5-8,17,19,22,24H,9-15H2,1-4H3. The third kappa shape index (κ3) is 4.55. The van der Waals surface area contributed by atoms with Gasteiger partial charge in [-0.1, -0.05) is 12.1 Å². The number of ether oxygens (including phenoxy) is 1. The third-order valence-corrected chi connectivity index (χ3v) is 5.80. The van der Waals surface area contributed by atoms with Crippen LogP contribution in [0.15, 0.2) is 24.3 Å². The summed E-state index contributed by atoms with van der Waals surface area (Å²) < 4.78 is 6.17. The van der Waals surface area contributed by atoms with Crippen LogP contribution in [0.4, 0.5) is 5.69 Å². The van der Waals surface area contributed by atoms with Crippen LogP contribution in [0.25, 0.3) is 0 Å². The Labute approximate surface area is 152 Å². The Morgan fingerprint density at radius 3 is 2.28 bits per heavy atom. The van der Waals surface area contributed by atoms with E-state index >= 15 is 0 Å². The van der Waals surface area contributed by atoms with E-state index in [1.54, 1.807) is 0 Å². The second-order valence-electron chi connectivity index (χ2n) is 8.88. The molecule has 25 heavy (non-hydrogen) atoms. The molecule has 2 aliphatic heterocycles. The first-order valence-electron chi connectivity index (χ1n) is 9.67. The predicted molar refractivity (Wildman–Crippen MR) is 103 cm³/mol. The lowest BCUT2D eigenvalue weighted by atomic mass is 9.94. The molecule has 0 aromatic heterocycles. The van der Waals surface area contributed by atoms with E-state index in [2.05, 4.69) is 62.2 Å². The maximum atomic E-state index is 9.27. The van der Waals surface area contributed by atoms with Crippen molar-refractivity contribution in [2.24, 2.45) is 5.92 Å². The molecule has 1 atom stereocenters. The van der Waals surface area contributed by atoms with Crippen molar-refractivity contribution in [1.29, 1.82) is 0 Å². The van der Waals surface area contributed by atoms with E-state index in [9.17, 15) is 5.11 Å². The van der Waals surface area contributed by atoms with Gasteiger partial charge in [0.2, 0.25) is 0 Å². The molecule has 1 aromatic carbocycles. The lowest BCUT2D eigenvalue weighted by Gasteiger charge is -2.33. The average molecular weight is 347 g/mol. The normalized spacial score (nSPS) is 26.1. The fourth-order valence-electron chi connectivity index (χ4n) is 4.32. The van der Waals surface area contributed by atoms with Crippen LogP contribution in [-0.4, -0.2) is 42.0 Å². The van der Waals surface area contributed by atoms with Gasteiger partial charge in [0.1, 0.15) is 0 Å². The molecule has 2 N–H and O–H groups in total. The SMILES string of the molecule is CC1(C)CC(NCc2ccc(N3CCC(CO)CC3)cc2)C(C)(C)O1. The fraction of sp³-hybridized carbons (Fsp3) is 0.714. The fourth-order valence-corrected chi connectivity index (χ4v) is 4.32. The van der Waals surface area contributed by atoms with Gasteiger partial charge in [-0.3, -0.25) is 0 Å². The monoisotopic (exact) mass is 346 g/mol. The molecular formula is C21H34N2O2. The van der Waals surface area contributed by atoms with E-state index in [-0.39, 0.29) is 11.2 Å². The van der Waals surface area contributed by atoms with Crippen LogP contribution in [0.5, 0.6) is 0 Å². The number of aliphatic hydroxyl groups is 1. The molecule has 0 amide bonds. The Kier molecular flexibility index (Phi) is 5.42. The number of nitrogens with zero attached hydrogens (tertiary/aromatic N) is 1. The van der Waals surface area contributed by atoms with E-state index in [1.165, 1.54) is 11.3 Å². The van der Waals surface area contributed by atoms with Crippen LogP contribution in [0, 0.1) is 5.92 Å². The quantitative estimate of drug-likeness (QED) is 0.858. The predicted octanol–water partition coefficient (Wildman–Crippen LogP) is 3.33. The Morgan fingerprint density at radius 2 is 1.76 bits per heavy atom. The van der Waals surface area contributed by atoms with Crippen molar-refractivity contribution >= 4 is 5.69 Å². The lowest BCUT2D eigenvalue weighted by Crippen LogP contribution is -2.42. The van der Waals surface area contributed by atoms with Gasteiger partial charge in [0.15, 0.2) is 0 Å². The number of hydrogen-bond acceptors (Lipinski definition) is 4. The van der Waals surface area contributed by atoms with Crippen LogP contribution in [0.1, 0.15) is 52.5 Å². The van der Waals surface area contributed by atoms with Gasteiger partial charge < -0.3 is 20.1 Å². The first-order valence-corrected chi connectivity index (χ1v) is 9.67. The van der Waals surface area contributed by atoms with Gasteiger partial charge >= 0.3 is 0 Å².